The van der Waals surface area contributed by atoms with Gasteiger partial charge in [-0.3, -0.25) is 19.6 Å². The Kier molecular flexibility index (Phi) is 5.43. The molecular weight excluding hydrogens is 404 g/mol. The molecule has 0 bridgehead atoms. The number of sulfonamides is 1. The highest BCUT2D eigenvalue weighted by atomic mass is 35.5. The van der Waals surface area contributed by atoms with Crippen molar-refractivity contribution in [3.05, 3.63) is 99.1 Å². The number of halogens is 1. The van der Waals surface area contributed by atoms with Crippen molar-refractivity contribution in [2.45, 2.75) is 4.90 Å². The number of nitrogens with zero attached hydrogens (tertiary/aromatic N) is 1. The SMILES string of the molecule is O=C(c1ccccc1)c1cc(Cl)ccc1NS(=O)(=O)c1ccccc1[N+](=O)[O-]. The number of ketones is 1. The van der Waals surface area contributed by atoms with Gasteiger partial charge < -0.3 is 0 Å². The fourth-order valence-electron chi connectivity index (χ4n) is 2.57. The van der Waals surface area contributed by atoms with Crippen LogP contribution in [0.3, 0.4) is 0 Å². The van der Waals surface area contributed by atoms with E-state index in [0.717, 1.165) is 12.1 Å². The number of carbonyl (C=O) groups is 1. The van der Waals surface area contributed by atoms with E-state index in [9.17, 15) is 23.3 Å². The van der Waals surface area contributed by atoms with Gasteiger partial charge in [0.1, 0.15) is 0 Å². The molecule has 142 valence electrons. The van der Waals surface area contributed by atoms with E-state index in [1.165, 1.54) is 30.3 Å². The molecule has 0 aliphatic heterocycles. The van der Waals surface area contributed by atoms with E-state index in [1.807, 2.05) is 0 Å². The monoisotopic (exact) mass is 416 g/mol. The third kappa shape index (κ3) is 4.03. The lowest BCUT2D eigenvalue weighted by Crippen LogP contribution is -2.17. The third-order valence-electron chi connectivity index (χ3n) is 3.86. The molecule has 9 heteroatoms. The molecule has 3 aromatic carbocycles. The molecule has 3 rings (SSSR count). The summed E-state index contributed by atoms with van der Waals surface area (Å²) in [7, 11) is -4.33. The fourth-order valence-corrected chi connectivity index (χ4v) is 4.00. The first-order valence-corrected chi connectivity index (χ1v) is 9.81. The summed E-state index contributed by atoms with van der Waals surface area (Å²) in [5.41, 5.74) is -0.229. The predicted octanol–water partition coefficient (Wildman–Crippen LogP) is 4.28. The molecule has 0 saturated heterocycles. The van der Waals surface area contributed by atoms with E-state index in [-0.39, 0.29) is 16.3 Å². The lowest BCUT2D eigenvalue weighted by molar-refractivity contribution is -0.387. The normalized spacial score (nSPS) is 11.0. The van der Waals surface area contributed by atoms with E-state index in [1.54, 1.807) is 30.3 Å². The molecule has 0 amide bonds. The van der Waals surface area contributed by atoms with Gasteiger partial charge in [-0.05, 0) is 24.3 Å². The van der Waals surface area contributed by atoms with Gasteiger partial charge in [-0.2, -0.15) is 0 Å². The molecule has 3 aromatic rings. The molecule has 0 aliphatic rings. The molecule has 0 aromatic heterocycles. The van der Waals surface area contributed by atoms with Gasteiger partial charge in [0.15, 0.2) is 10.7 Å². The molecule has 7 nitrogen and oxygen atoms in total. The van der Waals surface area contributed by atoms with Gasteiger partial charge in [0.25, 0.3) is 15.7 Å². The van der Waals surface area contributed by atoms with Gasteiger partial charge in [0.05, 0.1) is 10.6 Å². The number of anilines is 1. The number of nitro groups is 1. The number of rotatable bonds is 6. The van der Waals surface area contributed by atoms with Crippen molar-refractivity contribution in [1.29, 1.82) is 0 Å². The molecular formula is C19H13ClN2O5S. The number of benzene rings is 3. The molecule has 0 saturated carbocycles. The van der Waals surface area contributed by atoms with Crippen LogP contribution in [0.4, 0.5) is 11.4 Å². The van der Waals surface area contributed by atoms with Crippen molar-refractivity contribution in [2.75, 3.05) is 4.72 Å². The van der Waals surface area contributed by atoms with Crippen LogP contribution in [0.15, 0.2) is 77.7 Å². The zero-order chi connectivity index (χ0) is 20.3. The highest BCUT2D eigenvalue weighted by Crippen LogP contribution is 2.29. The van der Waals surface area contributed by atoms with Gasteiger partial charge in [-0.15, -0.1) is 0 Å². The summed E-state index contributed by atoms with van der Waals surface area (Å²) in [5.74, 6) is -0.441. The molecule has 0 atom stereocenters. The Morgan fingerprint density at radius 1 is 0.964 bits per heavy atom. The zero-order valence-electron chi connectivity index (χ0n) is 14.2. The van der Waals surface area contributed by atoms with Crippen molar-refractivity contribution in [3.8, 4) is 0 Å². The van der Waals surface area contributed by atoms with Crippen molar-refractivity contribution in [1.82, 2.24) is 0 Å². The lowest BCUT2D eigenvalue weighted by atomic mass is 10.0. The van der Waals surface area contributed by atoms with Crippen molar-refractivity contribution in [3.63, 3.8) is 0 Å². The average molecular weight is 417 g/mol. The fraction of sp³-hybridized carbons (Fsp3) is 0. The van der Waals surface area contributed by atoms with Gasteiger partial charge in [0.2, 0.25) is 0 Å². The van der Waals surface area contributed by atoms with E-state index in [4.69, 9.17) is 11.6 Å². The summed E-state index contributed by atoms with van der Waals surface area (Å²) in [5, 5.41) is 11.4. The molecule has 1 N–H and O–H groups in total. The Morgan fingerprint density at radius 3 is 2.29 bits per heavy atom. The maximum Gasteiger partial charge on any atom is 0.289 e. The van der Waals surface area contributed by atoms with Gasteiger partial charge in [-0.25, -0.2) is 8.42 Å². The van der Waals surface area contributed by atoms with Crippen molar-refractivity contribution in [2.24, 2.45) is 0 Å². The van der Waals surface area contributed by atoms with E-state index >= 15 is 0 Å². The summed E-state index contributed by atoms with van der Waals surface area (Å²) in [6.45, 7) is 0. The highest BCUT2D eigenvalue weighted by molar-refractivity contribution is 7.92. The molecule has 0 fully saturated rings. The molecule has 28 heavy (non-hydrogen) atoms. The van der Waals surface area contributed by atoms with Crippen LogP contribution in [0.2, 0.25) is 5.02 Å². The van der Waals surface area contributed by atoms with Gasteiger partial charge in [-0.1, -0.05) is 54.1 Å². The zero-order valence-corrected chi connectivity index (χ0v) is 15.8. The number of nitrogens with one attached hydrogen (secondary N) is 1. The van der Waals surface area contributed by atoms with Crippen molar-refractivity contribution < 1.29 is 18.1 Å². The Bertz CT molecular complexity index is 1160. The molecule has 0 heterocycles. The van der Waals surface area contributed by atoms with E-state index in [2.05, 4.69) is 4.72 Å². The van der Waals surface area contributed by atoms with Gasteiger partial charge >= 0.3 is 0 Å². The first-order chi connectivity index (χ1) is 13.3. The molecule has 0 radical (unpaired) electrons. The molecule has 0 spiro atoms. The smallest absolute Gasteiger partial charge is 0.289 e. The number of carbonyl (C=O) groups excluding carboxylic acids is 1. The minimum Gasteiger partial charge on any atom is -0.289 e. The Labute approximate surface area is 165 Å². The second kappa shape index (κ2) is 7.79. The third-order valence-corrected chi connectivity index (χ3v) is 5.51. The second-order valence-electron chi connectivity index (χ2n) is 5.72. The number of para-hydroxylation sites is 1. The Morgan fingerprint density at radius 2 is 1.61 bits per heavy atom. The number of hydrogen-bond donors (Lipinski definition) is 1. The lowest BCUT2D eigenvalue weighted by Gasteiger charge is -2.13. The maximum absolute atomic E-state index is 12.8. The first-order valence-electron chi connectivity index (χ1n) is 7.95. The molecule has 0 unspecified atom stereocenters. The maximum atomic E-state index is 12.8. The standard InChI is InChI=1S/C19H13ClN2O5S/c20-14-10-11-16(15(12-14)19(23)13-6-2-1-3-7-13)21-28(26,27)18-9-5-4-8-17(18)22(24)25/h1-12,21H. The minimum absolute atomic E-state index is 0.0286. The number of nitro benzene ring substituents is 1. The van der Waals surface area contributed by atoms with E-state index in [0.29, 0.717) is 5.56 Å². The van der Waals surface area contributed by atoms with Crippen LogP contribution in [0.5, 0.6) is 0 Å². The first kappa shape index (κ1) is 19.5. The van der Waals surface area contributed by atoms with Crippen molar-refractivity contribution >= 4 is 38.8 Å². The van der Waals surface area contributed by atoms with E-state index < -0.39 is 31.3 Å². The number of hydrogen-bond acceptors (Lipinski definition) is 5. The predicted molar refractivity (Wildman–Crippen MR) is 105 cm³/mol. The van der Waals surface area contributed by atoms with Crippen LogP contribution in [0, 0.1) is 10.1 Å². The molecule has 0 aliphatic carbocycles. The van der Waals surface area contributed by atoms with Crippen LogP contribution >= 0.6 is 11.6 Å². The van der Waals surface area contributed by atoms with Crippen LogP contribution in [-0.2, 0) is 10.0 Å². The van der Waals surface area contributed by atoms with Gasteiger partial charge in [0, 0.05) is 22.2 Å². The van der Waals surface area contributed by atoms with Crippen LogP contribution < -0.4 is 4.72 Å². The Hall–Kier alpha value is -3.23. The summed E-state index contributed by atoms with van der Waals surface area (Å²) in [4.78, 5) is 22.7. The Balaban J connectivity index is 2.06. The largest absolute Gasteiger partial charge is 0.289 e. The summed E-state index contributed by atoms with van der Waals surface area (Å²) in [6.07, 6.45) is 0. The summed E-state index contributed by atoms with van der Waals surface area (Å²) in [6, 6.07) is 17.3. The summed E-state index contributed by atoms with van der Waals surface area (Å²) >= 11 is 5.98. The topological polar surface area (TPSA) is 106 Å². The quantitative estimate of drug-likeness (QED) is 0.366. The average Bonchev–Trinajstić information content (AvgIpc) is 2.69. The minimum atomic E-state index is -4.33. The van der Waals surface area contributed by atoms with Crippen LogP contribution in [0.25, 0.3) is 0 Å². The van der Waals surface area contributed by atoms with Crippen LogP contribution in [-0.4, -0.2) is 19.1 Å². The highest BCUT2D eigenvalue weighted by Gasteiger charge is 2.27. The van der Waals surface area contributed by atoms with Crippen LogP contribution in [0.1, 0.15) is 15.9 Å². The summed E-state index contributed by atoms with van der Waals surface area (Å²) < 4.78 is 27.8. The second-order valence-corrected chi connectivity index (χ2v) is 7.80.